The normalized spacial score (nSPS) is 14.4. The van der Waals surface area contributed by atoms with Gasteiger partial charge in [-0.05, 0) is 29.7 Å². The first-order chi connectivity index (χ1) is 9.20. The van der Waals surface area contributed by atoms with Gasteiger partial charge in [0.15, 0.2) is 0 Å². The number of hydrogen-bond donors (Lipinski definition) is 3. The van der Waals surface area contributed by atoms with Crippen LogP contribution in [0.5, 0.6) is 0 Å². The van der Waals surface area contributed by atoms with Crippen molar-refractivity contribution in [1.82, 2.24) is 5.32 Å². The Bertz CT molecular complexity index is 480. The van der Waals surface area contributed by atoms with Crippen molar-refractivity contribution >= 4 is 22.5 Å². The van der Waals surface area contributed by atoms with E-state index in [0.717, 1.165) is 0 Å². The van der Waals surface area contributed by atoms with E-state index in [9.17, 15) is 14.1 Å². The van der Waals surface area contributed by atoms with Crippen molar-refractivity contribution in [1.29, 1.82) is 0 Å². The van der Waals surface area contributed by atoms with E-state index in [4.69, 9.17) is 0 Å². The maximum atomic E-state index is 11.7. The number of aliphatic hydroxyl groups excluding tert-OH is 1. The number of carbonyl (C=O) groups is 1. The minimum absolute atomic E-state index is 0.187. The Morgan fingerprint density at radius 1 is 1.30 bits per heavy atom. The molecule has 0 radical (unpaired) electrons. The number of nitrogens with one attached hydrogen (secondary N) is 2. The van der Waals surface area contributed by atoms with E-state index in [2.05, 4.69) is 10.6 Å². The summed E-state index contributed by atoms with van der Waals surface area (Å²) in [5, 5.41) is 15.1. The molecule has 112 valence electrons. The number of urea groups is 1. The summed E-state index contributed by atoms with van der Waals surface area (Å²) in [5.41, 5.74) is 0.335. The minimum Gasteiger partial charge on any atom is -0.391 e. The molecule has 0 aliphatic carbocycles. The molecule has 1 aromatic rings. The Morgan fingerprint density at radius 3 is 2.30 bits per heavy atom. The van der Waals surface area contributed by atoms with Gasteiger partial charge in [0.05, 0.1) is 6.10 Å². The number of amides is 2. The van der Waals surface area contributed by atoms with Crippen molar-refractivity contribution in [3.63, 3.8) is 0 Å². The second kappa shape index (κ2) is 6.85. The van der Waals surface area contributed by atoms with Crippen LogP contribution in [0.2, 0.25) is 0 Å². The van der Waals surface area contributed by atoms with Crippen molar-refractivity contribution < 1.29 is 14.1 Å². The first-order valence-electron chi connectivity index (χ1n) is 6.36. The fraction of sp³-hybridized carbons (Fsp3) is 0.500. The van der Waals surface area contributed by atoms with Gasteiger partial charge >= 0.3 is 6.03 Å². The van der Waals surface area contributed by atoms with Crippen LogP contribution in [0.4, 0.5) is 10.5 Å². The first kappa shape index (κ1) is 16.7. The monoisotopic (exact) mass is 298 g/mol. The van der Waals surface area contributed by atoms with Crippen LogP contribution in [0.15, 0.2) is 29.2 Å². The lowest BCUT2D eigenvalue weighted by Gasteiger charge is -2.25. The summed E-state index contributed by atoms with van der Waals surface area (Å²) in [6.07, 6.45) is 0.987. The standard InChI is InChI=1S/C14H22N2O3S/c1-14(2,3)12(17)9-15-13(18)16-10-5-7-11(8-6-10)20(4)19/h5-8,12,17H,9H2,1-4H3,(H2,15,16,18). The molecule has 0 heterocycles. The van der Waals surface area contributed by atoms with Gasteiger partial charge < -0.3 is 15.7 Å². The highest BCUT2D eigenvalue weighted by atomic mass is 32.2. The average Bonchev–Trinajstić information content (AvgIpc) is 2.35. The fourth-order valence-electron chi connectivity index (χ4n) is 1.40. The van der Waals surface area contributed by atoms with E-state index in [1.807, 2.05) is 20.8 Å². The van der Waals surface area contributed by atoms with Crippen molar-refractivity contribution in [2.24, 2.45) is 5.41 Å². The third-order valence-electron chi connectivity index (χ3n) is 2.90. The molecule has 0 bridgehead atoms. The van der Waals surface area contributed by atoms with Gasteiger partial charge in [0.1, 0.15) is 0 Å². The number of rotatable bonds is 4. The maximum Gasteiger partial charge on any atom is 0.319 e. The molecule has 0 aliphatic rings. The first-order valence-corrected chi connectivity index (χ1v) is 7.92. The predicted molar refractivity (Wildman–Crippen MR) is 81.3 cm³/mol. The summed E-state index contributed by atoms with van der Waals surface area (Å²) in [6.45, 7) is 5.90. The molecule has 0 saturated heterocycles. The largest absolute Gasteiger partial charge is 0.391 e. The van der Waals surface area contributed by atoms with E-state index in [1.54, 1.807) is 30.5 Å². The molecule has 2 atom stereocenters. The molecular formula is C14H22N2O3S. The van der Waals surface area contributed by atoms with Crippen molar-refractivity contribution in [3.8, 4) is 0 Å². The zero-order valence-electron chi connectivity index (χ0n) is 12.3. The lowest BCUT2D eigenvalue weighted by Crippen LogP contribution is -2.40. The molecule has 0 saturated carbocycles. The molecule has 5 nitrogen and oxygen atoms in total. The SMILES string of the molecule is CS(=O)c1ccc(NC(=O)NCC(O)C(C)(C)C)cc1. The zero-order valence-corrected chi connectivity index (χ0v) is 13.1. The summed E-state index contributed by atoms with van der Waals surface area (Å²) >= 11 is 0. The average molecular weight is 298 g/mol. The fourth-order valence-corrected chi connectivity index (χ4v) is 1.92. The zero-order chi connectivity index (χ0) is 15.3. The summed E-state index contributed by atoms with van der Waals surface area (Å²) < 4.78 is 11.2. The highest BCUT2D eigenvalue weighted by Gasteiger charge is 2.22. The number of aliphatic hydroxyl groups is 1. The van der Waals surface area contributed by atoms with Crippen molar-refractivity contribution in [2.45, 2.75) is 31.8 Å². The van der Waals surface area contributed by atoms with Gasteiger partial charge in [-0.2, -0.15) is 0 Å². The topological polar surface area (TPSA) is 78.4 Å². The molecule has 0 spiro atoms. The minimum atomic E-state index is -1.03. The van der Waals surface area contributed by atoms with Gasteiger partial charge in [-0.15, -0.1) is 0 Å². The Balaban J connectivity index is 2.48. The second-order valence-electron chi connectivity index (χ2n) is 5.70. The molecule has 1 aromatic carbocycles. The van der Waals surface area contributed by atoms with Crippen molar-refractivity contribution in [3.05, 3.63) is 24.3 Å². The van der Waals surface area contributed by atoms with Crippen LogP contribution in [0.3, 0.4) is 0 Å². The van der Waals surface area contributed by atoms with Gasteiger partial charge in [0.25, 0.3) is 0 Å². The van der Waals surface area contributed by atoms with Gasteiger partial charge in [-0.3, -0.25) is 4.21 Å². The molecule has 1 rings (SSSR count). The lowest BCUT2D eigenvalue weighted by molar-refractivity contribution is 0.0654. The summed E-state index contributed by atoms with van der Waals surface area (Å²) in [4.78, 5) is 12.4. The molecule has 0 aromatic heterocycles. The van der Waals surface area contributed by atoms with Crippen LogP contribution in [0.1, 0.15) is 20.8 Å². The van der Waals surface area contributed by atoms with E-state index in [1.165, 1.54) is 0 Å². The van der Waals surface area contributed by atoms with E-state index >= 15 is 0 Å². The predicted octanol–water partition coefficient (Wildman–Crippen LogP) is 1.95. The number of benzene rings is 1. The summed E-state index contributed by atoms with van der Waals surface area (Å²) in [7, 11) is -1.03. The van der Waals surface area contributed by atoms with Crippen LogP contribution in [-0.4, -0.2) is 34.3 Å². The third-order valence-corrected chi connectivity index (χ3v) is 3.84. The molecule has 6 heteroatoms. The van der Waals surface area contributed by atoms with Crippen molar-refractivity contribution in [2.75, 3.05) is 18.1 Å². The molecular weight excluding hydrogens is 276 g/mol. The Hall–Kier alpha value is -1.40. The molecule has 0 fully saturated rings. The van der Waals surface area contributed by atoms with E-state index in [0.29, 0.717) is 10.6 Å². The summed E-state index contributed by atoms with van der Waals surface area (Å²) in [5.74, 6) is 0. The third kappa shape index (κ3) is 5.30. The smallest absolute Gasteiger partial charge is 0.319 e. The van der Waals surface area contributed by atoms with Crippen LogP contribution < -0.4 is 10.6 Å². The molecule has 3 N–H and O–H groups in total. The quantitative estimate of drug-likeness (QED) is 0.795. The molecule has 2 unspecified atom stereocenters. The van der Waals surface area contributed by atoms with E-state index in [-0.39, 0.29) is 18.0 Å². The van der Waals surface area contributed by atoms with Crippen LogP contribution >= 0.6 is 0 Å². The van der Waals surface area contributed by atoms with Crippen LogP contribution in [-0.2, 0) is 10.8 Å². The Labute approximate surface area is 122 Å². The number of carbonyl (C=O) groups excluding carboxylic acids is 1. The molecule has 20 heavy (non-hydrogen) atoms. The summed E-state index contributed by atoms with van der Waals surface area (Å²) in [6, 6.07) is 6.41. The Morgan fingerprint density at radius 2 is 1.85 bits per heavy atom. The highest BCUT2D eigenvalue weighted by molar-refractivity contribution is 7.84. The lowest BCUT2D eigenvalue weighted by atomic mass is 9.89. The second-order valence-corrected chi connectivity index (χ2v) is 7.08. The highest BCUT2D eigenvalue weighted by Crippen LogP contribution is 2.18. The number of anilines is 1. The van der Waals surface area contributed by atoms with Crippen LogP contribution in [0.25, 0.3) is 0 Å². The number of hydrogen-bond acceptors (Lipinski definition) is 3. The molecule has 2 amide bonds. The molecule has 0 aliphatic heterocycles. The van der Waals surface area contributed by atoms with Gasteiger partial charge in [-0.1, -0.05) is 20.8 Å². The maximum absolute atomic E-state index is 11.7. The Kier molecular flexibility index (Phi) is 5.71. The van der Waals surface area contributed by atoms with Gasteiger partial charge in [-0.25, -0.2) is 4.79 Å². The van der Waals surface area contributed by atoms with Gasteiger partial charge in [0.2, 0.25) is 0 Å². The van der Waals surface area contributed by atoms with E-state index < -0.39 is 16.9 Å². The van der Waals surface area contributed by atoms with Crippen LogP contribution in [0, 0.1) is 5.41 Å². The van der Waals surface area contributed by atoms with Gasteiger partial charge in [0, 0.05) is 34.2 Å².